The molecule has 1 amide bonds. The Balaban J connectivity index is 1.20. The zero-order chi connectivity index (χ0) is 25.4. The predicted octanol–water partition coefficient (Wildman–Crippen LogP) is 5.41. The Hall–Kier alpha value is -4.00. The van der Waals surface area contributed by atoms with Crippen molar-refractivity contribution >= 4 is 22.6 Å². The normalized spacial score (nSPS) is 17.0. The van der Waals surface area contributed by atoms with Gasteiger partial charge in [0.15, 0.2) is 11.5 Å². The number of anilines is 1. The highest BCUT2D eigenvalue weighted by Gasteiger charge is 2.35. The number of hydrogen-bond acceptors (Lipinski definition) is 5. The van der Waals surface area contributed by atoms with Gasteiger partial charge in [-0.15, -0.1) is 0 Å². The number of para-hydroxylation sites is 2. The number of nitrogens with zero attached hydrogens (tertiary/aromatic N) is 3. The second kappa shape index (κ2) is 9.81. The number of aryl methyl sites for hydroxylation is 3. The molecule has 7 nitrogen and oxygen atoms in total. The van der Waals surface area contributed by atoms with E-state index in [4.69, 9.17) is 19.2 Å². The number of fused-ring (bicyclic) bond motifs is 2. The van der Waals surface area contributed by atoms with Gasteiger partial charge in [0, 0.05) is 37.2 Å². The summed E-state index contributed by atoms with van der Waals surface area (Å²) in [4.78, 5) is 20.0. The molecule has 1 unspecified atom stereocenters. The Morgan fingerprint density at radius 1 is 1.00 bits per heavy atom. The quantitative estimate of drug-likeness (QED) is 0.319. The molecule has 2 aliphatic rings. The van der Waals surface area contributed by atoms with Crippen molar-refractivity contribution in [3.05, 3.63) is 77.6 Å². The van der Waals surface area contributed by atoms with Crippen molar-refractivity contribution in [1.82, 2.24) is 9.55 Å². The number of imidazole rings is 1. The zero-order valence-electron chi connectivity index (χ0n) is 21.3. The molecule has 1 atom stereocenters. The molecule has 7 heteroatoms. The smallest absolute Gasteiger partial charge is 0.227 e. The molecular formula is C30H31N3O4. The predicted molar refractivity (Wildman–Crippen MR) is 143 cm³/mol. The van der Waals surface area contributed by atoms with Crippen molar-refractivity contribution in [2.75, 3.05) is 31.3 Å². The van der Waals surface area contributed by atoms with Crippen LogP contribution in [0.2, 0.25) is 0 Å². The molecule has 0 N–H and O–H groups in total. The van der Waals surface area contributed by atoms with Crippen molar-refractivity contribution in [1.29, 1.82) is 0 Å². The Kier molecular flexibility index (Phi) is 6.20. The lowest BCUT2D eigenvalue weighted by atomic mass is 10.1. The van der Waals surface area contributed by atoms with Crippen LogP contribution in [-0.4, -0.2) is 41.8 Å². The van der Waals surface area contributed by atoms with Crippen LogP contribution in [0.25, 0.3) is 11.0 Å². The van der Waals surface area contributed by atoms with Crippen LogP contribution in [-0.2, 0) is 11.3 Å². The summed E-state index contributed by atoms with van der Waals surface area (Å²) in [7, 11) is 0. The largest absolute Gasteiger partial charge is 0.493 e. The number of carbonyl (C=O) groups is 1. The summed E-state index contributed by atoms with van der Waals surface area (Å²) in [6.07, 6.45) is 1.27. The van der Waals surface area contributed by atoms with Crippen LogP contribution in [0.15, 0.2) is 60.7 Å². The average Bonchev–Trinajstić information content (AvgIpc) is 3.47. The Morgan fingerprint density at radius 2 is 1.84 bits per heavy atom. The van der Waals surface area contributed by atoms with Gasteiger partial charge < -0.3 is 23.7 Å². The number of carbonyl (C=O) groups excluding carboxylic acids is 1. The molecule has 3 heterocycles. The number of aromatic nitrogens is 2. The monoisotopic (exact) mass is 497 g/mol. The Bertz CT molecular complexity index is 1460. The molecule has 0 saturated carbocycles. The minimum absolute atomic E-state index is 0.00774. The fourth-order valence-corrected chi connectivity index (χ4v) is 5.34. The average molecular weight is 498 g/mol. The third kappa shape index (κ3) is 4.61. The van der Waals surface area contributed by atoms with E-state index in [1.54, 1.807) is 0 Å². The topological polar surface area (TPSA) is 65.8 Å². The van der Waals surface area contributed by atoms with E-state index in [2.05, 4.69) is 36.6 Å². The van der Waals surface area contributed by atoms with E-state index in [-0.39, 0.29) is 11.8 Å². The summed E-state index contributed by atoms with van der Waals surface area (Å²) in [5.41, 5.74) is 5.27. The van der Waals surface area contributed by atoms with Crippen LogP contribution in [0.1, 0.15) is 35.7 Å². The first-order chi connectivity index (χ1) is 18.1. The maximum Gasteiger partial charge on any atom is 0.227 e. The molecule has 190 valence electrons. The summed E-state index contributed by atoms with van der Waals surface area (Å²) in [6.45, 7) is 7.20. The maximum absolute atomic E-state index is 13.1. The van der Waals surface area contributed by atoms with E-state index < -0.39 is 0 Å². The fourth-order valence-electron chi connectivity index (χ4n) is 5.34. The summed E-state index contributed by atoms with van der Waals surface area (Å²) in [6, 6.07) is 20.2. The highest BCUT2D eigenvalue weighted by Crippen LogP contribution is 2.38. The first kappa shape index (κ1) is 23.4. The second-order valence-corrected chi connectivity index (χ2v) is 9.81. The number of hydrogen-bond donors (Lipinski definition) is 0. The van der Waals surface area contributed by atoms with Gasteiger partial charge in [-0.3, -0.25) is 4.79 Å². The lowest BCUT2D eigenvalue weighted by molar-refractivity contribution is -0.117. The van der Waals surface area contributed by atoms with Gasteiger partial charge in [-0.1, -0.05) is 29.8 Å². The van der Waals surface area contributed by atoms with Crippen molar-refractivity contribution in [2.45, 2.75) is 39.2 Å². The third-order valence-corrected chi connectivity index (χ3v) is 7.13. The first-order valence-corrected chi connectivity index (χ1v) is 12.9. The van der Waals surface area contributed by atoms with Crippen LogP contribution < -0.4 is 19.1 Å². The van der Waals surface area contributed by atoms with Gasteiger partial charge in [0.05, 0.1) is 17.6 Å². The Morgan fingerprint density at radius 3 is 2.70 bits per heavy atom. The van der Waals surface area contributed by atoms with E-state index >= 15 is 0 Å². The van der Waals surface area contributed by atoms with Crippen LogP contribution in [0, 0.1) is 13.8 Å². The molecule has 0 spiro atoms. The van der Waals surface area contributed by atoms with E-state index in [0.717, 1.165) is 52.6 Å². The lowest BCUT2D eigenvalue weighted by Crippen LogP contribution is -2.25. The summed E-state index contributed by atoms with van der Waals surface area (Å²) in [5, 5.41) is 0. The molecule has 1 fully saturated rings. The van der Waals surface area contributed by atoms with E-state index in [1.165, 1.54) is 5.56 Å². The first-order valence-electron chi connectivity index (χ1n) is 12.9. The third-order valence-electron chi connectivity index (χ3n) is 7.13. The lowest BCUT2D eigenvalue weighted by Gasteiger charge is -2.22. The van der Waals surface area contributed by atoms with Gasteiger partial charge in [0.2, 0.25) is 5.91 Å². The minimum atomic E-state index is 0.00774. The molecule has 1 aromatic heterocycles. The van der Waals surface area contributed by atoms with Gasteiger partial charge >= 0.3 is 0 Å². The fraction of sp³-hybridized carbons (Fsp3) is 0.333. The molecule has 4 aromatic rings. The molecule has 1 saturated heterocycles. The second-order valence-electron chi connectivity index (χ2n) is 9.81. The van der Waals surface area contributed by atoms with Crippen LogP contribution in [0.4, 0.5) is 5.69 Å². The highest BCUT2D eigenvalue weighted by atomic mass is 16.6. The molecule has 3 aromatic carbocycles. The summed E-state index contributed by atoms with van der Waals surface area (Å²) >= 11 is 0. The van der Waals surface area contributed by atoms with Crippen LogP contribution in [0.5, 0.6) is 17.2 Å². The highest BCUT2D eigenvalue weighted by molar-refractivity contribution is 5.97. The van der Waals surface area contributed by atoms with E-state index in [0.29, 0.717) is 38.5 Å². The molecule has 2 aliphatic heterocycles. The van der Waals surface area contributed by atoms with Gasteiger partial charge in [-0.2, -0.15) is 0 Å². The van der Waals surface area contributed by atoms with Gasteiger partial charge in [-0.05, 0) is 56.2 Å². The molecule has 6 rings (SSSR count). The molecule has 0 radical (unpaired) electrons. The van der Waals surface area contributed by atoms with Gasteiger partial charge in [-0.25, -0.2) is 4.98 Å². The molecule has 0 aliphatic carbocycles. The van der Waals surface area contributed by atoms with Crippen molar-refractivity contribution in [2.24, 2.45) is 0 Å². The minimum Gasteiger partial charge on any atom is -0.493 e. The number of amides is 1. The Labute approximate surface area is 216 Å². The number of benzene rings is 3. The standard InChI is InChI=1S/C30H31N3O4/c1-20-8-10-26(21(2)16-20)35-13-5-12-32-25-7-4-3-6-24(25)31-30(32)22-17-29(34)33(19-22)23-9-11-27-28(18-23)37-15-14-36-27/h3-4,6-11,16,18,22H,5,12-15,17,19H2,1-2H3. The van der Waals surface area contributed by atoms with E-state index in [1.807, 2.05) is 47.4 Å². The SMILES string of the molecule is Cc1ccc(OCCCn2c(C3CC(=O)N(c4ccc5c(c4)OCCO5)C3)nc3ccccc32)c(C)c1. The number of rotatable bonds is 7. The maximum atomic E-state index is 13.1. The van der Waals surface area contributed by atoms with Gasteiger partial charge in [0.1, 0.15) is 24.8 Å². The summed E-state index contributed by atoms with van der Waals surface area (Å²) in [5.74, 6) is 3.41. The summed E-state index contributed by atoms with van der Waals surface area (Å²) < 4.78 is 19.7. The van der Waals surface area contributed by atoms with Crippen molar-refractivity contribution < 1.29 is 19.0 Å². The van der Waals surface area contributed by atoms with Crippen molar-refractivity contribution in [3.8, 4) is 17.2 Å². The number of ether oxygens (including phenoxy) is 3. The van der Waals surface area contributed by atoms with Gasteiger partial charge in [0.25, 0.3) is 0 Å². The zero-order valence-corrected chi connectivity index (χ0v) is 21.3. The van der Waals surface area contributed by atoms with Crippen LogP contribution >= 0.6 is 0 Å². The molecular weight excluding hydrogens is 466 g/mol. The molecule has 0 bridgehead atoms. The van der Waals surface area contributed by atoms with Crippen molar-refractivity contribution in [3.63, 3.8) is 0 Å². The van der Waals surface area contributed by atoms with E-state index in [9.17, 15) is 4.79 Å². The van der Waals surface area contributed by atoms with Crippen LogP contribution in [0.3, 0.4) is 0 Å². The molecule has 37 heavy (non-hydrogen) atoms.